The van der Waals surface area contributed by atoms with Crippen molar-refractivity contribution in [1.82, 2.24) is 0 Å². The van der Waals surface area contributed by atoms with Gasteiger partial charge in [-0.15, -0.1) is 0 Å². The summed E-state index contributed by atoms with van der Waals surface area (Å²) in [5.74, 6) is 1.02. The van der Waals surface area contributed by atoms with Gasteiger partial charge in [0.15, 0.2) is 0 Å². The first kappa shape index (κ1) is 14.0. The summed E-state index contributed by atoms with van der Waals surface area (Å²) in [6.45, 7) is 2.27. The average molecular weight is 216 g/mol. The second-order valence-corrected chi connectivity index (χ2v) is 4.73. The Morgan fingerprint density at radius 2 is 1.14 bits per heavy atom. The number of unbranched alkanes of at least 4 members (excludes halogenated alkanes) is 9. The highest BCUT2D eigenvalue weighted by molar-refractivity contribution is 7.66. The van der Waals surface area contributed by atoms with E-state index in [9.17, 15) is 0 Å². The van der Waals surface area contributed by atoms with Gasteiger partial charge in [0.05, 0.1) is 0 Å². The van der Waals surface area contributed by atoms with Gasteiger partial charge in [0.25, 0.3) is 0 Å². The number of hydrogen-bond acceptors (Lipinski definition) is 1. The predicted molar refractivity (Wildman–Crippen MR) is 66.8 cm³/mol. The lowest BCUT2D eigenvalue weighted by atomic mass is 10.1. The molecule has 0 aromatic heterocycles. The minimum atomic E-state index is 1.02. The monoisotopic (exact) mass is 216 g/mol. The molecule has 0 aliphatic heterocycles. The maximum atomic E-state index is 6.93. The third-order valence-corrected chi connectivity index (χ3v) is 3.09. The standard InChI is InChI=1S/C12H26NS/c1-2-3-4-5-6-7-8-9-10-11-12-14-13/h13H,2-12H2,1H3/q+1. The first-order chi connectivity index (χ1) is 6.91. The SMILES string of the molecule is CCCCCCCCCCCC[S+]=N. The fourth-order valence-electron chi connectivity index (χ4n) is 1.66. The van der Waals surface area contributed by atoms with E-state index in [4.69, 9.17) is 4.78 Å². The Morgan fingerprint density at radius 1 is 0.714 bits per heavy atom. The van der Waals surface area contributed by atoms with E-state index in [2.05, 4.69) is 6.92 Å². The van der Waals surface area contributed by atoms with Crippen LogP contribution >= 0.6 is 0 Å². The van der Waals surface area contributed by atoms with Crippen LogP contribution in [0.1, 0.15) is 71.1 Å². The Hall–Kier alpha value is 0.0200. The molecule has 0 aliphatic carbocycles. The molecule has 0 saturated heterocycles. The van der Waals surface area contributed by atoms with Crippen LogP contribution in [0.3, 0.4) is 0 Å². The lowest BCUT2D eigenvalue weighted by Crippen LogP contribution is -1.84. The third-order valence-electron chi connectivity index (χ3n) is 2.60. The predicted octanol–water partition coefficient (Wildman–Crippen LogP) is 4.75. The summed E-state index contributed by atoms with van der Waals surface area (Å²) < 4.78 is 6.93. The zero-order chi connectivity index (χ0) is 10.5. The summed E-state index contributed by atoms with van der Waals surface area (Å²) in [6.07, 6.45) is 13.9. The summed E-state index contributed by atoms with van der Waals surface area (Å²) >= 11 is 1.23. The maximum Gasteiger partial charge on any atom is 0.307 e. The second kappa shape index (κ2) is 13.0. The lowest BCUT2D eigenvalue weighted by molar-refractivity contribution is 0.563. The summed E-state index contributed by atoms with van der Waals surface area (Å²) in [6, 6.07) is 0. The van der Waals surface area contributed by atoms with Crippen molar-refractivity contribution in [2.75, 3.05) is 5.75 Å². The Kier molecular flexibility index (Phi) is 13.0. The van der Waals surface area contributed by atoms with E-state index < -0.39 is 0 Å². The van der Waals surface area contributed by atoms with Gasteiger partial charge in [-0.05, 0) is 11.2 Å². The molecule has 0 aliphatic rings. The molecule has 0 spiro atoms. The largest absolute Gasteiger partial charge is 0.307 e. The first-order valence-corrected chi connectivity index (χ1v) is 7.19. The fourth-order valence-corrected chi connectivity index (χ4v) is 2.01. The van der Waals surface area contributed by atoms with Crippen LogP contribution in [0.25, 0.3) is 0 Å². The van der Waals surface area contributed by atoms with Crippen molar-refractivity contribution < 1.29 is 0 Å². The molecule has 84 valence electrons. The van der Waals surface area contributed by atoms with Gasteiger partial charge in [-0.2, -0.15) is 0 Å². The second-order valence-electron chi connectivity index (χ2n) is 4.03. The van der Waals surface area contributed by atoms with Gasteiger partial charge in [0.1, 0.15) is 0 Å². The molecule has 0 amide bonds. The summed E-state index contributed by atoms with van der Waals surface area (Å²) in [4.78, 5) is 0. The van der Waals surface area contributed by atoms with E-state index in [1.165, 1.54) is 75.8 Å². The molecule has 0 saturated carbocycles. The van der Waals surface area contributed by atoms with E-state index in [0.29, 0.717) is 0 Å². The lowest BCUT2D eigenvalue weighted by Gasteiger charge is -1.99. The zero-order valence-electron chi connectivity index (χ0n) is 9.69. The Balaban J connectivity index is 2.81. The molecule has 0 aromatic rings. The van der Waals surface area contributed by atoms with Crippen LogP contribution in [0.15, 0.2) is 0 Å². The highest BCUT2D eigenvalue weighted by atomic mass is 32.1. The molecule has 1 N–H and O–H groups in total. The summed E-state index contributed by atoms with van der Waals surface area (Å²) in [7, 11) is 0. The Bertz CT molecular complexity index is 115. The van der Waals surface area contributed by atoms with Crippen molar-refractivity contribution in [2.24, 2.45) is 0 Å². The summed E-state index contributed by atoms with van der Waals surface area (Å²) in [5.41, 5.74) is 0. The van der Waals surface area contributed by atoms with Gasteiger partial charge in [-0.25, -0.2) is 0 Å². The first-order valence-electron chi connectivity index (χ1n) is 6.20. The van der Waals surface area contributed by atoms with Crippen molar-refractivity contribution >= 4 is 11.6 Å². The molecular weight excluding hydrogens is 190 g/mol. The molecule has 0 radical (unpaired) electrons. The van der Waals surface area contributed by atoms with Gasteiger partial charge in [0, 0.05) is 6.42 Å². The van der Waals surface area contributed by atoms with Crippen molar-refractivity contribution in [1.29, 1.82) is 4.78 Å². The maximum absolute atomic E-state index is 6.93. The molecule has 1 nitrogen and oxygen atoms in total. The highest BCUT2D eigenvalue weighted by Crippen LogP contribution is 2.10. The van der Waals surface area contributed by atoms with E-state index >= 15 is 0 Å². The molecule has 0 bridgehead atoms. The smallest absolute Gasteiger partial charge is 0.0654 e. The Morgan fingerprint density at radius 3 is 1.57 bits per heavy atom. The van der Waals surface area contributed by atoms with Gasteiger partial charge in [-0.1, -0.05) is 58.3 Å². The van der Waals surface area contributed by atoms with Crippen LogP contribution in [0.4, 0.5) is 0 Å². The van der Waals surface area contributed by atoms with Crippen molar-refractivity contribution in [3.63, 3.8) is 0 Å². The molecule has 0 aromatic carbocycles. The van der Waals surface area contributed by atoms with Gasteiger partial charge < -0.3 is 0 Å². The van der Waals surface area contributed by atoms with Gasteiger partial charge >= 0.3 is 11.6 Å². The van der Waals surface area contributed by atoms with E-state index in [0.717, 1.165) is 5.75 Å². The van der Waals surface area contributed by atoms with Crippen molar-refractivity contribution in [3.8, 4) is 0 Å². The molecule has 0 heterocycles. The molecule has 0 rings (SSSR count). The highest BCUT2D eigenvalue weighted by Gasteiger charge is 1.95. The minimum absolute atomic E-state index is 1.02. The van der Waals surface area contributed by atoms with Crippen LogP contribution in [0, 0.1) is 4.78 Å². The van der Waals surface area contributed by atoms with Crippen molar-refractivity contribution in [2.45, 2.75) is 71.1 Å². The van der Waals surface area contributed by atoms with Crippen molar-refractivity contribution in [3.05, 3.63) is 0 Å². The zero-order valence-corrected chi connectivity index (χ0v) is 10.5. The number of nitrogens with one attached hydrogen (secondary N) is 1. The van der Waals surface area contributed by atoms with Gasteiger partial charge in [0.2, 0.25) is 5.75 Å². The molecule has 0 atom stereocenters. The van der Waals surface area contributed by atoms with Crippen LogP contribution in [-0.2, 0) is 11.6 Å². The number of rotatable bonds is 11. The third kappa shape index (κ3) is 12.0. The molecule has 0 unspecified atom stereocenters. The van der Waals surface area contributed by atoms with Crippen LogP contribution in [0.2, 0.25) is 0 Å². The molecular formula is C12H26NS+. The molecule has 2 heteroatoms. The van der Waals surface area contributed by atoms with E-state index in [1.54, 1.807) is 0 Å². The quantitative estimate of drug-likeness (QED) is 0.380. The summed E-state index contributed by atoms with van der Waals surface area (Å²) in [5, 5.41) is 0. The van der Waals surface area contributed by atoms with Crippen LogP contribution in [-0.4, -0.2) is 5.75 Å². The van der Waals surface area contributed by atoms with E-state index in [-0.39, 0.29) is 0 Å². The van der Waals surface area contributed by atoms with Crippen LogP contribution in [0.5, 0.6) is 0 Å². The van der Waals surface area contributed by atoms with Crippen LogP contribution < -0.4 is 0 Å². The normalized spacial score (nSPS) is 10.4. The average Bonchev–Trinajstić information content (AvgIpc) is 2.21. The Labute approximate surface area is 93.6 Å². The number of hydrogen-bond donors (Lipinski definition) is 1. The molecule has 0 fully saturated rings. The fraction of sp³-hybridized carbons (Fsp3) is 1.00. The van der Waals surface area contributed by atoms with Gasteiger partial charge in [-0.3, -0.25) is 0 Å². The molecule has 14 heavy (non-hydrogen) atoms. The van der Waals surface area contributed by atoms with E-state index in [1.807, 2.05) is 0 Å². The topological polar surface area (TPSA) is 23.9 Å². The minimum Gasteiger partial charge on any atom is -0.0654 e.